The number of ether oxygens (including phenoxy) is 1. The van der Waals surface area contributed by atoms with Gasteiger partial charge in [-0.25, -0.2) is 13.1 Å². The molecule has 0 radical (unpaired) electrons. The van der Waals surface area contributed by atoms with Gasteiger partial charge in [0.05, 0.1) is 17.9 Å². The molecule has 100 valence electrons. The molecule has 1 unspecified atom stereocenters. The Hall–Kier alpha value is -0.700. The Morgan fingerprint density at radius 1 is 1.53 bits per heavy atom. The summed E-state index contributed by atoms with van der Waals surface area (Å²) in [6.45, 7) is 1.13. The summed E-state index contributed by atoms with van der Waals surface area (Å²) in [5.41, 5.74) is 0. The number of carbonyl (C=O) groups is 1. The maximum Gasteiger partial charge on any atom is 0.303 e. The van der Waals surface area contributed by atoms with Gasteiger partial charge >= 0.3 is 5.97 Å². The smallest absolute Gasteiger partial charge is 0.303 e. The molecule has 1 heterocycles. The predicted octanol–water partition coefficient (Wildman–Crippen LogP) is -1.24. The van der Waals surface area contributed by atoms with Gasteiger partial charge in [0.25, 0.3) is 0 Å². The van der Waals surface area contributed by atoms with Crippen LogP contribution in [0.4, 0.5) is 0 Å². The molecule has 1 aliphatic heterocycles. The summed E-state index contributed by atoms with van der Waals surface area (Å²) in [4.78, 5) is 10.3. The molecule has 0 aromatic heterocycles. The Bertz CT molecular complexity index is 356. The van der Waals surface area contributed by atoms with Gasteiger partial charge in [0.1, 0.15) is 0 Å². The highest BCUT2D eigenvalue weighted by Gasteiger charge is 2.30. The van der Waals surface area contributed by atoms with E-state index in [0.717, 1.165) is 0 Å². The quantitative estimate of drug-likeness (QED) is 0.532. The maximum atomic E-state index is 11.6. The zero-order chi connectivity index (χ0) is 12.9. The van der Waals surface area contributed by atoms with Crippen LogP contribution in [-0.2, 0) is 19.6 Å². The first-order valence-corrected chi connectivity index (χ1v) is 7.05. The van der Waals surface area contributed by atoms with Crippen molar-refractivity contribution in [2.45, 2.75) is 25.0 Å². The van der Waals surface area contributed by atoms with Crippen molar-refractivity contribution in [1.82, 2.24) is 10.0 Å². The molecule has 3 N–H and O–H groups in total. The highest BCUT2D eigenvalue weighted by atomic mass is 32.2. The summed E-state index contributed by atoms with van der Waals surface area (Å²) >= 11 is 0. The highest BCUT2D eigenvalue weighted by Crippen LogP contribution is 2.06. The van der Waals surface area contributed by atoms with Crippen molar-refractivity contribution >= 4 is 16.0 Å². The topological polar surface area (TPSA) is 105 Å². The Morgan fingerprint density at radius 2 is 2.24 bits per heavy atom. The lowest BCUT2D eigenvalue weighted by Crippen LogP contribution is -2.44. The van der Waals surface area contributed by atoms with E-state index in [-0.39, 0.29) is 30.7 Å². The average Bonchev–Trinajstić information content (AvgIpc) is 2.63. The van der Waals surface area contributed by atoms with E-state index in [9.17, 15) is 13.2 Å². The summed E-state index contributed by atoms with van der Waals surface area (Å²) in [5.74, 6) is -1.16. The van der Waals surface area contributed by atoms with E-state index in [2.05, 4.69) is 10.0 Å². The van der Waals surface area contributed by atoms with Gasteiger partial charge in [-0.05, 0) is 6.42 Å². The van der Waals surface area contributed by atoms with Crippen LogP contribution in [0.3, 0.4) is 0 Å². The first kappa shape index (κ1) is 14.4. The van der Waals surface area contributed by atoms with E-state index in [1.54, 1.807) is 0 Å². The van der Waals surface area contributed by atoms with Gasteiger partial charge in [0.15, 0.2) is 0 Å². The normalized spacial score (nSPS) is 25.0. The Labute approximate surface area is 101 Å². The van der Waals surface area contributed by atoms with Crippen molar-refractivity contribution in [1.29, 1.82) is 0 Å². The first-order chi connectivity index (χ1) is 7.94. The monoisotopic (exact) mass is 266 g/mol. The fourth-order valence-corrected chi connectivity index (χ4v) is 3.06. The van der Waals surface area contributed by atoms with E-state index in [1.807, 2.05) is 0 Å². The molecule has 0 aromatic rings. The second-order valence-electron chi connectivity index (χ2n) is 3.97. The number of rotatable bonds is 7. The summed E-state index contributed by atoms with van der Waals surface area (Å²) in [7, 11) is -1.91. The molecule has 1 rings (SSSR count). The molecule has 0 amide bonds. The predicted molar refractivity (Wildman–Crippen MR) is 61.2 cm³/mol. The SMILES string of the molecule is CO[C@H]1CNCC1NS(=O)(=O)CCCC(=O)O. The summed E-state index contributed by atoms with van der Waals surface area (Å²) < 4.78 is 30.9. The number of sulfonamides is 1. The van der Waals surface area contributed by atoms with Crippen molar-refractivity contribution in [3.63, 3.8) is 0 Å². The van der Waals surface area contributed by atoms with Gasteiger partial charge < -0.3 is 15.2 Å². The van der Waals surface area contributed by atoms with Crippen LogP contribution in [0.25, 0.3) is 0 Å². The van der Waals surface area contributed by atoms with E-state index >= 15 is 0 Å². The summed E-state index contributed by atoms with van der Waals surface area (Å²) in [6.07, 6.45) is -0.204. The zero-order valence-corrected chi connectivity index (χ0v) is 10.5. The molecule has 8 heteroatoms. The van der Waals surface area contributed by atoms with Gasteiger partial charge in [-0.2, -0.15) is 0 Å². The van der Waals surface area contributed by atoms with Crippen LogP contribution in [0.1, 0.15) is 12.8 Å². The Balaban J connectivity index is 2.40. The zero-order valence-electron chi connectivity index (χ0n) is 9.68. The number of hydrogen-bond acceptors (Lipinski definition) is 5. The number of methoxy groups -OCH3 is 1. The van der Waals surface area contributed by atoms with Crippen LogP contribution in [0.5, 0.6) is 0 Å². The minimum atomic E-state index is -3.44. The third-order valence-corrected chi connectivity index (χ3v) is 4.08. The summed E-state index contributed by atoms with van der Waals surface area (Å²) in [5, 5.41) is 11.5. The fraction of sp³-hybridized carbons (Fsp3) is 0.889. The van der Waals surface area contributed by atoms with Gasteiger partial charge in [0, 0.05) is 26.6 Å². The average molecular weight is 266 g/mol. The second-order valence-corrected chi connectivity index (χ2v) is 5.85. The standard InChI is InChI=1S/C9H18N2O5S/c1-16-8-6-10-5-7(8)11-17(14,15)4-2-3-9(12)13/h7-8,10-11H,2-6H2,1H3,(H,12,13)/t7?,8-/m0/s1. The minimum Gasteiger partial charge on any atom is -0.481 e. The molecule has 17 heavy (non-hydrogen) atoms. The van der Waals surface area contributed by atoms with Crippen LogP contribution >= 0.6 is 0 Å². The number of aliphatic carboxylic acids is 1. The molecular weight excluding hydrogens is 248 g/mol. The van der Waals surface area contributed by atoms with Crippen molar-refractivity contribution in [2.75, 3.05) is 26.0 Å². The second kappa shape index (κ2) is 6.29. The summed E-state index contributed by atoms with van der Waals surface area (Å²) in [6, 6.07) is -0.283. The van der Waals surface area contributed by atoms with E-state index in [4.69, 9.17) is 9.84 Å². The number of carboxylic acids is 1. The molecule has 7 nitrogen and oxygen atoms in total. The molecule has 0 bridgehead atoms. The lowest BCUT2D eigenvalue weighted by molar-refractivity contribution is -0.137. The van der Waals surface area contributed by atoms with Gasteiger partial charge in [0.2, 0.25) is 10.0 Å². The number of nitrogens with one attached hydrogen (secondary N) is 2. The Kier molecular flexibility index (Phi) is 5.31. The van der Waals surface area contributed by atoms with Crippen molar-refractivity contribution < 1.29 is 23.1 Å². The van der Waals surface area contributed by atoms with Gasteiger partial charge in [-0.3, -0.25) is 4.79 Å². The first-order valence-electron chi connectivity index (χ1n) is 5.40. The molecule has 1 saturated heterocycles. The molecule has 1 aliphatic rings. The van der Waals surface area contributed by atoms with Crippen molar-refractivity contribution in [3.8, 4) is 0 Å². The number of hydrogen-bond donors (Lipinski definition) is 3. The lowest BCUT2D eigenvalue weighted by Gasteiger charge is -2.18. The fourth-order valence-electron chi connectivity index (χ4n) is 1.72. The molecule has 1 fully saturated rings. The van der Waals surface area contributed by atoms with Gasteiger partial charge in [-0.15, -0.1) is 0 Å². The van der Waals surface area contributed by atoms with Crippen LogP contribution in [0.2, 0.25) is 0 Å². The third kappa shape index (κ3) is 4.99. The highest BCUT2D eigenvalue weighted by molar-refractivity contribution is 7.89. The molecule has 0 aliphatic carbocycles. The van der Waals surface area contributed by atoms with Crippen molar-refractivity contribution in [2.24, 2.45) is 0 Å². The van der Waals surface area contributed by atoms with Crippen LogP contribution in [0.15, 0.2) is 0 Å². The van der Waals surface area contributed by atoms with E-state index in [0.29, 0.717) is 13.1 Å². The lowest BCUT2D eigenvalue weighted by atomic mass is 10.2. The maximum absolute atomic E-state index is 11.6. The molecule has 2 atom stereocenters. The van der Waals surface area contributed by atoms with E-state index in [1.165, 1.54) is 7.11 Å². The van der Waals surface area contributed by atoms with E-state index < -0.39 is 16.0 Å². The number of carboxylic acid groups (broad SMARTS) is 1. The van der Waals surface area contributed by atoms with Crippen LogP contribution in [0, 0.1) is 0 Å². The van der Waals surface area contributed by atoms with Gasteiger partial charge in [-0.1, -0.05) is 0 Å². The Morgan fingerprint density at radius 3 is 2.82 bits per heavy atom. The minimum absolute atomic E-state index is 0.114. The molecule has 0 saturated carbocycles. The molecular formula is C9H18N2O5S. The third-order valence-electron chi connectivity index (χ3n) is 2.60. The molecule has 0 spiro atoms. The van der Waals surface area contributed by atoms with Crippen molar-refractivity contribution in [3.05, 3.63) is 0 Å². The van der Waals surface area contributed by atoms with Crippen LogP contribution in [-0.4, -0.2) is 57.6 Å². The molecule has 0 aromatic carbocycles. The van der Waals surface area contributed by atoms with Crippen LogP contribution < -0.4 is 10.0 Å². The largest absolute Gasteiger partial charge is 0.481 e.